The van der Waals surface area contributed by atoms with Gasteiger partial charge in [-0.1, -0.05) is 41.9 Å². The molecule has 1 aromatic heterocycles. The van der Waals surface area contributed by atoms with Crippen LogP contribution >= 0.6 is 11.6 Å². The van der Waals surface area contributed by atoms with Crippen molar-refractivity contribution >= 4 is 28.4 Å². The molecule has 0 radical (unpaired) electrons. The molecule has 3 nitrogen and oxygen atoms in total. The highest BCUT2D eigenvalue weighted by atomic mass is 35.5. The summed E-state index contributed by atoms with van der Waals surface area (Å²) < 4.78 is 1.53. The number of halogens is 1. The molecule has 0 unspecified atom stereocenters. The lowest BCUT2D eigenvalue weighted by molar-refractivity contribution is 0.0965. The number of para-hydroxylation sites is 1. The minimum absolute atomic E-state index is 0.108. The number of fused-ring (bicyclic) bond motifs is 1. The lowest BCUT2D eigenvalue weighted by atomic mass is 10.2. The van der Waals surface area contributed by atoms with E-state index >= 15 is 0 Å². The molecule has 4 heteroatoms. The number of benzene rings is 2. The summed E-state index contributed by atoms with van der Waals surface area (Å²) in [6, 6.07) is 14.4. The van der Waals surface area contributed by atoms with Crippen LogP contribution in [0.4, 0.5) is 0 Å². The molecule has 0 saturated carbocycles. The summed E-state index contributed by atoms with van der Waals surface area (Å²) in [6.07, 6.45) is 1.66. The Hall–Kier alpha value is -2.10. The summed E-state index contributed by atoms with van der Waals surface area (Å²) in [5.74, 6) is -0.202. The number of hydrogen-bond acceptors (Lipinski definition) is 2. The normalized spacial score (nSPS) is 10.9. The van der Waals surface area contributed by atoms with Crippen molar-refractivity contribution in [3.05, 3.63) is 70.9 Å². The van der Waals surface area contributed by atoms with Gasteiger partial charge in [0.1, 0.15) is 0 Å². The zero-order chi connectivity index (χ0) is 14.1. The van der Waals surface area contributed by atoms with Crippen LogP contribution < -0.4 is 0 Å². The SMILES string of the molecule is O=C(c1ccccc1Cl)n1cc(CO)c2ccccc21. The molecule has 1 N–H and O–H groups in total. The van der Waals surface area contributed by atoms with Crippen molar-refractivity contribution in [2.24, 2.45) is 0 Å². The monoisotopic (exact) mass is 285 g/mol. The third kappa shape index (κ3) is 2.01. The van der Waals surface area contributed by atoms with Gasteiger partial charge >= 0.3 is 0 Å². The molecular weight excluding hydrogens is 274 g/mol. The molecule has 0 amide bonds. The van der Waals surface area contributed by atoms with Crippen LogP contribution in [-0.4, -0.2) is 15.6 Å². The number of hydrogen-bond donors (Lipinski definition) is 1. The molecule has 1 heterocycles. The van der Waals surface area contributed by atoms with Gasteiger partial charge < -0.3 is 5.11 Å². The zero-order valence-corrected chi connectivity index (χ0v) is 11.3. The number of carbonyl (C=O) groups is 1. The molecule has 0 aliphatic heterocycles. The van der Waals surface area contributed by atoms with E-state index in [2.05, 4.69) is 0 Å². The zero-order valence-electron chi connectivity index (χ0n) is 10.6. The Morgan fingerprint density at radius 2 is 1.80 bits per heavy atom. The van der Waals surface area contributed by atoms with E-state index in [1.54, 1.807) is 30.5 Å². The van der Waals surface area contributed by atoms with E-state index in [9.17, 15) is 9.90 Å². The first-order valence-electron chi connectivity index (χ1n) is 6.21. The Morgan fingerprint density at radius 3 is 2.55 bits per heavy atom. The minimum Gasteiger partial charge on any atom is -0.392 e. The first-order valence-corrected chi connectivity index (χ1v) is 6.59. The number of aliphatic hydroxyl groups excluding tert-OH is 1. The van der Waals surface area contributed by atoms with Crippen molar-refractivity contribution in [3.8, 4) is 0 Å². The van der Waals surface area contributed by atoms with Crippen molar-refractivity contribution < 1.29 is 9.90 Å². The summed E-state index contributed by atoms with van der Waals surface area (Å²) in [4.78, 5) is 12.6. The van der Waals surface area contributed by atoms with Gasteiger partial charge in [-0.05, 0) is 18.2 Å². The van der Waals surface area contributed by atoms with E-state index in [-0.39, 0.29) is 12.5 Å². The van der Waals surface area contributed by atoms with E-state index in [0.717, 1.165) is 16.5 Å². The molecule has 0 aliphatic carbocycles. The fourth-order valence-electron chi connectivity index (χ4n) is 2.31. The molecule has 0 spiro atoms. The van der Waals surface area contributed by atoms with Crippen LogP contribution in [0.25, 0.3) is 10.9 Å². The fourth-order valence-corrected chi connectivity index (χ4v) is 2.53. The van der Waals surface area contributed by atoms with Crippen molar-refractivity contribution in [2.45, 2.75) is 6.61 Å². The first kappa shape index (κ1) is 12.9. The van der Waals surface area contributed by atoms with Gasteiger partial charge in [-0.25, -0.2) is 0 Å². The molecule has 0 bridgehead atoms. The van der Waals surface area contributed by atoms with Crippen LogP contribution in [0.15, 0.2) is 54.7 Å². The molecule has 100 valence electrons. The average Bonchev–Trinajstić information content (AvgIpc) is 2.86. The Kier molecular flexibility index (Phi) is 3.30. The molecule has 2 aromatic carbocycles. The molecule has 0 aliphatic rings. The average molecular weight is 286 g/mol. The second kappa shape index (κ2) is 5.12. The number of aliphatic hydroxyl groups is 1. The molecule has 0 saturated heterocycles. The third-order valence-corrected chi connectivity index (χ3v) is 3.62. The maximum absolute atomic E-state index is 12.6. The fraction of sp³-hybridized carbons (Fsp3) is 0.0625. The molecule has 3 aromatic rings. The Balaban J connectivity index is 2.20. The van der Waals surface area contributed by atoms with Crippen LogP contribution in [0.2, 0.25) is 5.02 Å². The van der Waals surface area contributed by atoms with Gasteiger partial charge in [0.25, 0.3) is 5.91 Å². The van der Waals surface area contributed by atoms with Crippen LogP contribution in [0.1, 0.15) is 15.9 Å². The quantitative estimate of drug-likeness (QED) is 0.783. The predicted octanol–water partition coefficient (Wildman–Crippen LogP) is 3.48. The summed E-state index contributed by atoms with van der Waals surface area (Å²) >= 11 is 6.08. The highest BCUT2D eigenvalue weighted by Crippen LogP contribution is 2.24. The van der Waals surface area contributed by atoms with E-state index in [0.29, 0.717) is 10.6 Å². The molecular formula is C16H12ClNO2. The molecule has 20 heavy (non-hydrogen) atoms. The molecule has 0 atom stereocenters. The van der Waals surface area contributed by atoms with E-state index in [1.165, 1.54) is 4.57 Å². The van der Waals surface area contributed by atoms with Gasteiger partial charge in [-0.2, -0.15) is 0 Å². The van der Waals surface area contributed by atoms with Crippen molar-refractivity contribution in [1.29, 1.82) is 0 Å². The lowest BCUT2D eigenvalue weighted by Crippen LogP contribution is -2.11. The second-order valence-electron chi connectivity index (χ2n) is 4.48. The highest BCUT2D eigenvalue weighted by Gasteiger charge is 2.16. The second-order valence-corrected chi connectivity index (χ2v) is 4.89. The smallest absolute Gasteiger partial charge is 0.263 e. The maximum Gasteiger partial charge on any atom is 0.263 e. The van der Waals surface area contributed by atoms with Gasteiger partial charge in [-0.3, -0.25) is 9.36 Å². The van der Waals surface area contributed by atoms with Crippen molar-refractivity contribution in [2.75, 3.05) is 0 Å². The summed E-state index contributed by atoms with van der Waals surface area (Å²) in [5, 5.41) is 10.7. The first-order chi connectivity index (χ1) is 9.72. The largest absolute Gasteiger partial charge is 0.392 e. The molecule has 0 fully saturated rings. The minimum atomic E-state index is -0.202. The Morgan fingerprint density at radius 1 is 1.10 bits per heavy atom. The van der Waals surface area contributed by atoms with Gasteiger partial charge in [0.2, 0.25) is 0 Å². The molecule has 3 rings (SSSR count). The van der Waals surface area contributed by atoms with Crippen molar-refractivity contribution in [1.82, 2.24) is 4.57 Å². The van der Waals surface area contributed by atoms with Gasteiger partial charge in [-0.15, -0.1) is 0 Å². The van der Waals surface area contributed by atoms with Gasteiger partial charge in [0.15, 0.2) is 0 Å². The van der Waals surface area contributed by atoms with E-state index in [4.69, 9.17) is 11.6 Å². The highest BCUT2D eigenvalue weighted by molar-refractivity contribution is 6.34. The van der Waals surface area contributed by atoms with Gasteiger partial charge in [0, 0.05) is 17.1 Å². The van der Waals surface area contributed by atoms with E-state index in [1.807, 2.05) is 24.3 Å². The van der Waals surface area contributed by atoms with Crippen LogP contribution in [0.3, 0.4) is 0 Å². The number of carbonyl (C=O) groups excluding carboxylic acids is 1. The number of nitrogens with zero attached hydrogens (tertiary/aromatic N) is 1. The number of rotatable bonds is 2. The van der Waals surface area contributed by atoms with Crippen LogP contribution in [-0.2, 0) is 6.61 Å². The Labute approximate surface area is 121 Å². The van der Waals surface area contributed by atoms with Crippen LogP contribution in [0.5, 0.6) is 0 Å². The maximum atomic E-state index is 12.6. The van der Waals surface area contributed by atoms with Gasteiger partial charge in [0.05, 0.1) is 22.7 Å². The summed E-state index contributed by atoms with van der Waals surface area (Å²) in [5.41, 5.74) is 1.93. The lowest BCUT2D eigenvalue weighted by Gasteiger charge is -2.05. The Bertz CT molecular complexity index is 792. The van der Waals surface area contributed by atoms with Crippen LogP contribution in [0, 0.1) is 0 Å². The number of aromatic nitrogens is 1. The van der Waals surface area contributed by atoms with Crippen molar-refractivity contribution in [3.63, 3.8) is 0 Å². The predicted molar refractivity (Wildman–Crippen MR) is 79.0 cm³/mol. The van der Waals surface area contributed by atoms with E-state index < -0.39 is 0 Å². The summed E-state index contributed by atoms with van der Waals surface area (Å²) in [6.45, 7) is -0.108. The third-order valence-electron chi connectivity index (χ3n) is 3.29. The standard InChI is InChI=1S/C16H12ClNO2/c17-14-7-3-1-6-13(14)16(20)18-9-11(10-19)12-5-2-4-8-15(12)18/h1-9,19H,10H2. The topological polar surface area (TPSA) is 42.2 Å². The summed E-state index contributed by atoms with van der Waals surface area (Å²) in [7, 11) is 0.